The fourth-order valence-electron chi connectivity index (χ4n) is 1.56. The van der Waals surface area contributed by atoms with Crippen LogP contribution < -0.4 is 11.0 Å². The molecule has 0 atom stereocenters. The summed E-state index contributed by atoms with van der Waals surface area (Å²) in [5.74, 6) is -0.0414. The fraction of sp³-hybridized carbons (Fsp3) is 0.273. The van der Waals surface area contributed by atoms with Gasteiger partial charge in [0.25, 0.3) is 0 Å². The molecule has 0 radical (unpaired) electrons. The van der Waals surface area contributed by atoms with E-state index in [-0.39, 0.29) is 11.6 Å². The number of H-pyrrole nitrogens is 2. The van der Waals surface area contributed by atoms with Crippen LogP contribution in [0.5, 0.6) is 0 Å². The van der Waals surface area contributed by atoms with Crippen LogP contribution in [0.25, 0.3) is 11.0 Å². The Balaban J connectivity index is 2.49. The van der Waals surface area contributed by atoms with Crippen LogP contribution in [-0.4, -0.2) is 15.9 Å². The van der Waals surface area contributed by atoms with Gasteiger partial charge in [-0.15, -0.1) is 0 Å². The molecule has 0 aliphatic heterocycles. The van der Waals surface area contributed by atoms with Crippen LogP contribution in [0.4, 0.5) is 5.69 Å². The maximum Gasteiger partial charge on any atom is 0.323 e. The summed E-state index contributed by atoms with van der Waals surface area (Å²) in [6.07, 6.45) is 0.432. The molecule has 84 valence electrons. The molecule has 0 aliphatic carbocycles. The largest absolute Gasteiger partial charge is 0.326 e. The zero-order valence-corrected chi connectivity index (χ0v) is 9.18. The summed E-state index contributed by atoms with van der Waals surface area (Å²) >= 11 is 0. The summed E-state index contributed by atoms with van der Waals surface area (Å²) in [5, 5.41) is 2.79. The number of aromatic nitrogens is 2. The van der Waals surface area contributed by atoms with Gasteiger partial charge in [-0.3, -0.25) is 4.79 Å². The molecule has 1 aromatic carbocycles. The summed E-state index contributed by atoms with van der Waals surface area (Å²) in [5.41, 5.74) is 2.85. The van der Waals surface area contributed by atoms with E-state index in [0.29, 0.717) is 11.9 Å². The summed E-state index contributed by atoms with van der Waals surface area (Å²) in [4.78, 5) is 27.7. The molecule has 0 saturated carbocycles. The minimum Gasteiger partial charge on any atom is -0.326 e. The Morgan fingerprint density at radius 3 is 2.56 bits per heavy atom. The van der Waals surface area contributed by atoms with Gasteiger partial charge in [0, 0.05) is 12.1 Å². The summed E-state index contributed by atoms with van der Waals surface area (Å²) in [6.45, 7) is 3.68. The lowest BCUT2D eigenvalue weighted by molar-refractivity contribution is -0.115. The minimum atomic E-state index is -0.242. The highest BCUT2D eigenvalue weighted by molar-refractivity contribution is 5.93. The first-order valence-electron chi connectivity index (χ1n) is 5.12. The third-order valence-corrected chi connectivity index (χ3v) is 2.46. The highest BCUT2D eigenvalue weighted by atomic mass is 16.1. The van der Waals surface area contributed by atoms with E-state index in [1.165, 1.54) is 0 Å². The van der Waals surface area contributed by atoms with Crippen molar-refractivity contribution in [3.05, 3.63) is 28.2 Å². The lowest BCUT2D eigenvalue weighted by Gasteiger charge is -2.07. The number of rotatable bonds is 2. The molecule has 16 heavy (non-hydrogen) atoms. The number of imidazole rings is 1. The summed E-state index contributed by atoms with van der Waals surface area (Å²) in [6, 6.07) is 3.59. The molecule has 0 saturated heterocycles. The fourth-order valence-corrected chi connectivity index (χ4v) is 1.56. The molecule has 0 bridgehead atoms. The van der Waals surface area contributed by atoms with E-state index < -0.39 is 0 Å². The number of benzene rings is 1. The second kappa shape index (κ2) is 3.84. The van der Waals surface area contributed by atoms with Crippen LogP contribution in [0.3, 0.4) is 0 Å². The Kier molecular flexibility index (Phi) is 2.52. The lowest BCUT2D eigenvalue weighted by atomic mass is 10.1. The van der Waals surface area contributed by atoms with Gasteiger partial charge in [0.15, 0.2) is 0 Å². The Bertz CT molecular complexity index is 595. The molecule has 0 unspecified atom stereocenters. The molecule has 0 aliphatic rings. The molecule has 3 N–H and O–H groups in total. The number of fused-ring (bicyclic) bond motifs is 1. The molecular weight excluding hydrogens is 206 g/mol. The molecule has 1 amide bonds. The van der Waals surface area contributed by atoms with E-state index in [1.54, 1.807) is 13.0 Å². The van der Waals surface area contributed by atoms with Crippen LogP contribution in [0, 0.1) is 6.92 Å². The van der Waals surface area contributed by atoms with Crippen molar-refractivity contribution in [1.82, 2.24) is 9.97 Å². The zero-order chi connectivity index (χ0) is 11.7. The molecule has 0 spiro atoms. The molecule has 2 rings (SSSR count). The molecule has 1 heterocycles. The Hall–Kier alpha value is -2.04. The molecule has 1 aromatic heterocycles. The molecular formula is C11H13N3O2. The highest BCUT2D eigenvalue weighted by Crippen LogP contribution is 2.20. The number of aryl methyl sites for hydroxylation is 1. The SMILES string of the molecule is CCC(=O)Nc1cc2[nH]c(=O)[nH]c2cc1C. The number of hydrogen-bond acceptors (Lipinski definition) is 2. The van der Waals surface area contributed by atoms with E-state index in [0.717, 1.165) is 16.8 Å². The first-order valence-corrected chi connectivity index (χ1v) is 5.12. The predicted molar refractivity (Wildman–Crippen MR) is 62.6 cm³/mol. The van der Waals surface area contributed by atoms with E-state index >= 15 is 0 Å². The van der Waals surface area contributed by atoms with Gasteiger partial charge in [0.05, 0.1) is 11.0 Å². The first kappa shape index (κ1) is 10.5. The van der Waals surface area contributed by atoms with Crippen molar-refractivity contribution in [3.8, 4) is 0 Å². The monoisotopic (exact) mass is 219 g/mol. The van der Waals surface area contributed by atoms with Gasteiger partial charge in [0.2, 0.25) is 5.91 Å². The number of amides is 1. The Labute approximate surface area is 91.9 Å². The smallest absolute Gasteiger partial charge is 0.323 e. The van der Waals surface area contributed by atoms with Gasteiger partial charge in [-0.05, 0) is 24.6 Å². The molecule has 0 fully saturated rings. The van der Waals surface area contributed by atoms with Gasteiger partial charge in [-0.1, -0.05) is 6.92 Å². The van der Waals surface area contributed by atoms with Crippen molar-refractivity contribution >= 4 is 22.6 Å². The molecule has 5 heteroatoms. The number of aromatic amines is 2. The zero-order valence-electron chi connectivity index (χ0n) is 9.18. The second-order valence-electron chi connectivity index (χ2n) is 3.69. The van der Waals surface area contributed by atoms with Crippen molar-refractivity contribution in [1.29, 1.82) is 0 Å². The van der Waals surface area contributed by atoms with Gasteiger partial charge in [-0.25, -0.2) is 4.79 Å². The van der Waals surface area contributed by atoms with Crippen molar-refractivity contribution < 1.29 is 4.79 Å². The first-order chi connectivity index (χ1) is 7.60. The maximum absolute atomic E-state index is 11.3. The van der Waals surface area contributed by atoms with E-state index in [2.05, 4.69) is 15.3 Å². The average Bonchev–Trinajstić information content (AvgIpc) is 2.58. The van der Waals surface area contributed by atoms with E-state index in [1.807, 2.05) is 13.0 Å². The Morgan fingerprint density at radius 1 is 1.31 bits per heavy atom. The van der Waals surface area contributed by atoms with Crippen molar-refractivity contribution in [3.63, 3.8) is 0 Å². The van der Waals surface area contributed by atoms with Crippen LogP contribution in [-0.2, 0) is 4.79 Å². The van der Waals surface area contributed by atoms with Crippen LogP contribution in [0.15, 0.2) is 16.9 Å². The lowest BCUT2D eigenvalue weighted by Crippen LogP contribution is -2.10. The number of hydrogen-bond donors (Lipinski definition) is 3. The minimum absolute atomic E-state index is 0.0414. The average molecular weight is 219 g/mol. The summed E-state index contributed by atoms with van der Waals surface area (Å²) < 4.78 is 0. The third kappa shape index (κ3) is 1.84. The standard InChI is InChI=1S/C11H13N3O2/c1-3-10(15)12-7-5-9-8(4-6(7)2)13-11(16)14-9/h4-5H,3H2,1-2H3,(H,12,15)(H2,13,14,16). The van der Waals surface area contributed by atoms with E-state index in [4.69, 9.17) is 0 Å². The highest BCUT2D eigenvalue weighted by Gasteiger charge is 2.06. The van der Waals surface area contributed by atoms with Gasteiger partial charge in [0.1, 0.15) is 0 Å². The topological polar surface area (TPSA) is 77.8 Å². The second-order valence-corrected chi connectivity index (χ2v) is 3.69. The summed E-state index contributed by atoms with van der Waals surface area (Å²) in [7, 11) is 0. The maximum atomic E-state index is 11.3. The van der Waals surface area contributed by atoms with Gasteiger partial charge in [-0.2, -0.15) is 0 Å². The van der Waals surface area contributed by atoms with Crippen LogP contribution >= 0.6 is 0 Å². The molecule has 2 aromatic rings. The quantitative estimate of drug-likeness (QED) is 0.716. The van der Waals surface area contributed by atoms with Crippen LogP contribution in [0.1, 0.15) is 18.9 Å². The Morgan fingerprint density at radius 2 is 1.94 bits per heavy atom. The van der Waals surface area contributed by atoms with Gasteiger partial charge < -0.3 is 15.3 Å². The van der Waals surface area contributed by atoms with Crippen molar-refractivity contribution in [2.45, 2.75) is 20.3 Å². The number of carbonyl (C=O) groups excluding carboxylic acids is 1. The van der Waals surface area contributed by atoms with Gasteiger partial charge >= 0.3 is 5.69 Å². The number of carbonyl (C=O) groups is 1. The van der Waals surface area contributed by atoms with Crippen molar-refractivity contribution in [2.24, 2.45) is 0 Å². The predicted octanol–water partition coefficient (Wildman–Crippen LogP) is 1.51. The molecule has 5 nitrogen and oxygen atoms in total. The van der Waals surface area contributed by atoms with E-state index in [9.17, 15) is 9.59 Å². The number of anilines is 1. The number of nitrogens with one attached hydrogen (secondary N) is 3. The van der Waals surface area contributed by atoms with Crippen molar-refractivity contribution in [2.75, 3.05) is 5.32 Å². The van der Waals surface area contributed by atoms with Crippen LogP contribution in [0.2, 0.25) is 0 Å². The third-order valence-electron chi connectivity index (χ3n) is 2.46. The normalized spacial score (nSPS) is 10.6.